The van der Waals surface area contributed by atoms with Gasteiger partial charge in [0.05, 0.1) is 11.9 Å². The molecule has 0 radical (unpaired) electrons. The number of nitrogens with two attached hydrogens (primary N) is 1. The van der Waals surface area contributed by atoms with E-state index in [1.807, 2.05) is 41.2 Å². The van der Waals surface area contributed by atoms with Crippen molar-refractivity contribution in [3.8, 4) is 11.3 Å². The van der Waals surface area contributed by atoms with Gasteiger partial charge in [-0.25, -0.2) is 0 Å². The Balaban J connectivity index is 1.38. The number of nitrogens with zero attached hydrogens (tertiary/aromatic N) is 6. The third kappa shape index (κ3) is 4.43. The number of hydrogen-bond donors (Lipinski definition) is 2. The van der Waals surface area contributed by atoms with E-state index in [4.69, 9.17) is 20.7 Å². The van der Waals surface area contributed by atoms with Crippen LogP contribution in [-0.2, 0) is 6.54 Å². The Morgan fingerprint density at radius 1 is 1.00 bits per heavy atom. The van der Waals surface area contributed by atoms with E-state index in [1.165, 1.54) is 19.3 Å². The first kappa shape index (κ1) is 23.2. The summed E-state index contributed by atoms with van der Waals surface area (Å²) in [4.78, 5) is 17.0. The molecule has 2 aromatic carbocycles. The van der Waals surface area contributed by atoms with Gasteiger partial charge in [-0.3, -0.25) is 4.98 Å². The summed E-state index contributed by atoms with van der Waals surface area (Å²) in [6.07, 6.45) is 7.37. The number of nitrogens with one attached hydrogen (secondary N) is 1. The van der Waals surface area contributed by atoms with Crippen molar-refractivity contribution in [2.24, 2.45) is 0 Å². The first-order valence-electron chi connectivity index (χ1n) is 13.1. The molecule has 6 rings (SSSR count). The zero-order chi connectivity index (χ0) is 25.4. The molecule has 188 valence electrons. The predicted octanol–water partition coefficient (Wildman–Crippen LogP) is 5.65. The third-order valence-corrected chi connectivity index (χ3v) is 7.14. The highest BCUT2D eigenvalue weighted by Gasteiger charge is 2.20. The summed E-state index contributed by atoms with van der Waals surface area (Å²) in [6.45, 7) is 6.90. The van der Waals surface area contributed by atoms with Gasteiger partial charge < -0.3 is 16.0 Å². The normalized spacial score (nSPS) is 14.1. The van der Waals surface area contributed by atoms with Gasteiger partial charge in [0.2, 0.25) is 11.9 Å². The minimum Gasteiger partial charge on any atom is -0.399 e. The number of nitrogen functional groups attached to an aromatic ring is 1. The van der Waals surface area contributed by atoms with Gasteiger partial charge >= 0.3 is 0 Å². The van der Waals surface area contributed by atoms with Crippen LogP contribution in [0, 0.1) is 0 Å². The summed E-state index contributed by atoms with van der Waals surface area (Å²) >= 11 is 0. The van der Waals surface area contributed by atoms with Gasteiger partial charge in [-0.05, 0) is 54.3 Å². The van der Waals surface area contributed by atoms with Gasteiger partial charge in [-0.15, -0.1) is 0 Å². The van der Waals surface area contributed by atoms with Crippen LogP contribution in [0.1, 0.15) is 50.2 Å². The molecule has 1 fully saturated rings. The Kier molecular flexibility index (Phi) is 6.08. The molecule has 8 heteroatoms. The summed E-state index contributed by atoms with van der Waals surface area (Å²) in [6, 6.07) is 16.3. The van der Waals surface area contributed by atoms with Crippen molar-refractivity contribution >= 4 is 34.0 Å². The van der Waals surface area contributed by atoms with Gasteiger partial charge in [0.1, 0.15) is 0 Å². The molecule has 3 aromatic heterocycles. The average Bonchev–Trinajstić information content (AvgIpc) is 3.36. The summed E-state index contributed by atoms with van der Waals surface area (Å²) in [5, 5.41) is 10.4. The number of piperidine rings is 1. The minimum absolute atomic E-state index is 0.321. The standard InChI is InChI=1S/C29H32N8/c1-19(2)25-18-33-37-27(25)34-29(36-14-6-3-7-15-36)35-28(37)32-17-21-8-4-5-9-23(21)26-24-11-10-22(30)16-20(24)12-13-31-26/h4-5,8-13,16,18-19H,3,6-7,14-15,17,30H2,1-2H3,(H,32,34,35). The molecule has 3 N–H and O–H groups in total. The number of fused-ring (bicyclic) bond motifs is 2. The van der Waals surface area contributed by atoms with Gasteiger partial charge in [-0.1, -0.05) is 44.2 Å². The zero-order valence-corrected chi connectivity index (χ0v) is 21.4. The van der Waals surface area contributed by atoms with Crippen LogP contribution in [0.25, 0.3) is 27.7 Å². The molecule has 0 saturated carbocycles. The van der Waals surface area contributed by atoms with Gasteiger partial charge in [-0.2, -0.15) is 19.6 Å². The Morgan fingerprint density at radius 3 is 2.68 bits per heavy atom. The van der Waals surface area contributed by atoms with Gasteiger partial charge in [0, 0.05) is 48.0 Å². The number of anilines is 3. The van der Waals surface area contributed by atoms with E-state index in [9.17, 15) is 0 Å². The summed E-state index contributed by atoms with van der Waals surface area (Å²) in [5.41, 5.74) is 11.9. The van der Waals surface area contributed by atoms with E-state index in [-0.39, 0.29) is 0 Å². The quantitative estimate of drug-likeness (QED) is 0.296. The highest BCUT2D eigenvalue weighted by atomic mass is 15.4. The molecule has 0 aliphatic carbocycles. The number of pyridine rings is 1. The molecule has 0 bridgehead atoms. The highest BCUT2D eigenvalue weighted by molar-refractivity contribution is 5.96. The van der Waals surface area contributed by atoms with Crippen molar-refractivity contribution in [3.63, 3.8) is 0 Å². The van der Waals surface area contributed by atoms with Gasteiger partial charge in [0.15, 0.2) is 5.65 Å². The molecular formula is C29H32N8. The molecule has 0 spiro atoms. The molecule has 8 nitrogen and oxygen atoms in total. The minimum atomic E-state index is 0.321. The number of benzene rings is 2. The van der Waals surface area contributed by atoms with Crippen LogP contribution >= 0.6 is 0 Å². The largest absolute Gasteiger partial charge is 0.399 e. The van der Waals surface area contributed by atoms with E-state index in [1.54, 1.807) is 0 Å². The van der Waals surface area contributed by atoms with Crippen molar-refractivity contribution in [2.75, 3.05) is 29.0 Å². The van der Waals surface area contributed by atoms with E-state index in [0.717, 1.165) is 63.5 Å². The average molecular weight is 493 g/mol. The SMILES string of the molecule is CC(C)c1cnn2c(NCc3ccccc3-c3nccc4cc(N)ccc34)nc(N3CCCCC3)nc12. The lowest BCUT2D eigenvalue weighted by Gasteiger charge is -2.27. The van der Waals surface area contributed by atoms with Crippen LogP contribution in [0.5, 0.6) is 0 Å². The van der Waals surface area contributed by atoms with Crippen LogP contribution in [-0.4, -0.2) is 37.7 Å². The van der Waals surface area contributed by atoms with E-state index in [0.29, 0.717) is 18.4 Å². The predicted molar refractivity (Wildman–Crippen MR) is 150 cm³/mol. The van der Waals surface area contributed by atoms with Crippen LogP contribution in [0.4, 0.5) is 17.6 Å². The first-order valence-corrected chi connectivity index (χ1v) is 13.1. The maximum Gasteiger partial charge on any atom is 0.230 e. The Hall–Kier alpha value is -4.20. The Labute approximate surface area is 216 Å². The third-order valence-electron chi connectivity index (χ3n) is 7.14. The fourth-order valence-electron chi connectivity index (χ4n) is 5.13. The fourth-order valence-corrected chi connectivity index (χ4v) is 5.13. The summed E-state index contributed by atoms with van der Waals surface area (Å²) < 4.78 is 1.84. The van der Waals surface area contributed by atoms with Crippen molar-refractivity contribution in [3.05, 3.63) is 72.1 Å². The second kappa shape index (κ2) is 9.69. The van der Waals surface area contributed by atoms with E-state index >= 15 is 0 Å². The maximum atomic E-state index is 6.03. The Morgan fingerprint density at radius 2 is 1.84 bits per heavy atom. The van der Waals surface area contributed by atoms with Crippen LogP contribution in [0.15, 0.2) is 60.9 Å². The molecular weight excluding hydrogens is 460 g/mol. The molecule has 1 aliphatic rings. The van der Waals surface area contributed by atoms with Crippen molar-refractivity contribution < 1.29 is 0 Å². The van der Waals surface area contributed by atoms with Crippen LogP contribution < -0.4 is 16.0 Å². The van der Waals surface area contributed by atoms with Crippen LogP contribution in [0.2, 0.25) is 0 Å². The highest BCUT2D eigenvalue weighted by Crippen LogP contribution is 2.31. The summed E-state index contributed by atoms with van der Waals surface area (Å²) in [5.74, 6) is 1.80. The molecule has 0 amide bonds. The molecule has 1 saturated heterocycles. The first-order chi connectivity index (χ1) is 18.1. The number of aromatic nitrogens is 5. The van der Waals surface area contributed by atoms with Crippen molar-refractivity contribution in [2.45, 2.75) is 45.6 Å². The maximum absolute atomic E-state index is 6.03. The lowest BCUT2D eigenvalue weighted by atomic mass is 9.99. The van der Waals surface area contributed by atoms with E-state index < -0.39 is 0 Å². The number of hydrogen-bond acceptors (Lipinski definition) is 7. The lowest BCUT2D eigenvalue weighted by Crippen LogP contribution is -2.31. The fraction of sp³-hybridized carbons (Fsp3) is 0.310. The number of rotatable bonds is 6. The molecule has 0 unspecified atom stereocenters. The molecule has 5 aromatic rings. The monoisotopic (exact) mass is 492 g/mol. The van der Waals surface area contributed by atoms with Crippen molar-refractivity contribution in [1.29, 1.82) is 0 Å². The second-order valence-corrected chi connectivity index (χ2v) is 10.0. The molecule has 0 atom stereocenters. The van der Waals surface area contributed by atoms with Crippen molar-refractivity contribution in [1.82, 2.24) is 24.6 Å². The molecule has 1 aliphatic heterocycles. The zero-order valence-electron chi connectivity index (χ0n) is 21.4. The second-order valence-electron chi connectivity index (χ2n) is 10.0. The summed E-state index contributed by atoms with van der Waals surface area (Å²) in [7, 11) is 0. The molecule has 4 heterocycles. The van der Waals surface area contributed by atoms with E-state index in [2.05, 4.69) is 53.4 Å². The smallest absolute Gasteiger partial charge is 0.230 e. The molecule has 37 heavy (non-hydrogen) atoms. The Bertz CT molecular complexity index is 1570. The van der Waals surface area contributed by atoms with Crippen LogP contribution in [0.3, 0.4) is 0 Å². The topological polar surface area (TPSA) is 97.3 Å². The van der Waals surface area contributed by atoms with Gasteiger partial charge in [0.25, 0.3) is 0 Å². The lowest BCUT2D eigenvalue weighted by molar-refractivity contribution is 0.567.